The monoisotopic (exact) mass is 320 g/mol. The Balaban J connectivity index is 1.97. The quantitative estimate of drug-likeness (QED) is 0.893. The molecule has 2 aromatic carbocycles. The summed E-state index contributed by atoms with van der Waals surface area (Å²) in [7, 11) is 0. The van der Waals surface area contributed by atoms with Crippen molar-refractivity contribution in [1.29, 1.82) is 0 Å². The minimum absolute atomic E-state index is 0.117. The molecule has 0 aliphatic carbocycles. The fourth-order valence-electron chi connectivity index (χ4n) is 2.74. The number of rotatable bonds is 2. The van der Waals surface area contributed by atoms with Gasteiger partial charge in [0.1, 0.15) is 17.6 Å². The third kappa shape index (κ3) is 3.01. The highest BCUT2D eigenvalue weighted by molar-refractivity contribution is 6.31. The van der Waals surface area contributed by atoms with Crippen LogP contribution in [0.1, 0.15) is 12.5 Å². The Morgan fingerprint density at radius 2 is 2.05 bits per heavy atom. The number of hydrogen-bond acceptors (Lipinski definition) is 3. The standard InChI is InChI=1S/C17H18ClFN2O/c1-17(10-21-9-16(20)22-17)13-4-2-3-11(7-13)12-5-6-15(19)14(18)8-12/h2-8,16,21H,9-10,20H2,1H3. The minimum Gasteiger partial charge on any atom is -0.350 e. The number of halogens is 2. The highest BCUT2D eigenvalue weighted by Crippen LogP contribution is 2.32. The van der Waals surface area contributed by atoms with E-state index < -0.39 is 11.4 Å². The van der Waals surface area contributed by atoms with Gasteiger partial charge in [-0.05, 0) is 41.8 Å². The lowest BCUT2D eigenvalue weighted by Gasteiger charge is -2.38. The normalized spacial score (nSPS) is 25.2. The van der Waals surface area contributed by atoms with Crippen LogP contribution < -0.4 is 11.1 Å². The summed E-state index contributed by atoms with van der Waals surface area (Å²) >= 11 is 5.87. The van der Waals surface area contributed by atoms with Crippen LogP contribution in [0.3, 0.4) is 0 Å². The van der Waals surface area contributed by atoms with E-state index >= 15 is 0 Å². The lowest BCUT2D eigenvalue weighted by Crippen LogP contribution is -2.53. The molecule has 1 aliphatic heterocycles. The lowest BCUT2D eigenvalue weighted by atomic mass is 9.91. The Labute approximate surface area is 134 Å². The van der Waals surface area contributed by atoms with E-state index in [-0.39, 0.29) is 11.3 Å². The highest BCUT2D eigenvalue weighted by Gasteiger charge is 2.33. The summed E-state index contributed by atoms with van der Waals surface area (Å²) in [4.78, 5) is 0. The van der Waals surface area contributed by atoms with Crippen molar-refractivity contribution in [3.8, 4) is 11.1 Å². The maximum Gasteiger partial charge on any atom is 0.141 e. The molecule has 2 aromatic rings. The summed E-state index contributed by atoms with van der Waals surface area (Å²) in [5.74, 6) is -0.417. The zero-order valence-corrected chi connectivity index (χ0v) is 13.0. The van der Waals surface area contributed by atoms with Crippen LogP contribution in [-0.2, 0) is 10.3 Å². The van der Waals surface area contributed by atoms with Gasteiger partial charge in [-0.15, -0.1) is 0 Å². The minimum atomic E-state index is -0.489. The molecule has 0 radical (unpaired) electrons. The Hall–Kier alpha value is -1.46. The summed E-state index contributed by atoms with van der Waals surface area (Å²) in [6.07, 6.45) is -0.331. The number of nitrogens with one attached hydrogen (secondary N) is 1. The SMILES string of the molecule is CC1(c2cccc(-c3ccc(F)c(Cl)c3)c2)CNCC(N)O1. The van der Waals surface area contributed by atoms with Gasteiger partial charge >= 0.3 is 0 Å². The molecule has 1 saturated heterocycles. The number of hydrogen-bond donors (Lipinski definition) is 2. The summed E-state index contributed by atoms with van der Waals surface area (Å²) in [6.45, 7) is 3.34. The summed E-state index contributed by atoms with van der Waals surface area (Å²) in [6, 6.07) is 12.7. The third-order valence-electron chi connectivity index (χ3n) is 3.95. The van der Waals surface area contributed by atoms with Crippen LogP contribution in [0.2, 0.25) is 5.02 Å². The Kier molecular flexibility index (Phi) is 4.19. The molecule has 0 spiro atoms. The number of morpholine rings is 1. The van der Waals surface area contributed by atoms with Crippen molar-refractivity contribution in [3.63, 3.8) is 0 Å². The van der Waals surface area contributed by atoms with E-state index in [1.54, 1.807) is 12.1 Å². The van der Waals surface area contributed by atoms with E-state index in [1.807, 2.05) is 31.2 Å². The van der Waals surface area contributed by atoms with E-state index in [0.717, 1.165) is 16.7 Å². The van der Waals surface area contributed by atoms with Crippen LogP contribution >= 0.6 is 11.6 Å². The van der Waals surface area contributed by atoms with Gasteiger partial charge in [0.2, 0.25) is 0 Å². The number of benzene rings is 2. The summed E-state index contributed by atoms with van der Waals surface area (Å²) in [5, 5.41) is 3.40. The van der Waals surface area contributed by atoms with Gasteiger partial charge in [-0.25, -0.2) is 4.39 Å². The van der Waals surface area contributed by atoms with Gasteiger partial charge in [-0.2, -0.15) is 0 Å². The van der Waals surface area contributed by atoms with Crippen molar-refractivity contribution in [2.24, 2.45) is 5.73 Å². The average Bonchev–Trinajstić information content (AvgIpc) is 2.50. The molecule has 0 aromatic heterocycles. The van der Waals surface area contributed by atoms with Crippen LogP contribution in [-0.4, -0.2) is 19.3 Å². The topological polar surface area (TPSA) is 47.3 Å². The first-order chi connectivity index (χ1) is 10.5. The third-order valence-corrected chi connectivity index (χ3v) is 4.24. The first kappa shape index (κ1) is 15.4. The van der Waals surface area contributed by atoms with Crippen LogP contribution in [0.15, 0.2) is 42.5 Å². The Morgan fingerprint density at radius 1 is 1.27 bits per heavy atom. The van der Waals surface area contributed by atoms with Crippen LogP contribution in [0, 0.1) is 5.82 Å². The van der Waals surface area contributed by atoms with E-state index in [0.29, 0.717) is 13.1 Å². The smallest absolute Gasteiger partial charge is 0.141 e. The van der Waals surface area contributed by atoms with E-state index in [2.05, 4.69) is 5.32 Å². The molecular formula is C17H18ClFN2O. The highest BCUT2D eigenvalue weighted by atomic mass is 35.5. The Morgan fingerprint density at radius 3 is 2.77 bits per heavy atom. The predicted octanol–water partition coefficient (Wildman–Crippen LogP) is 3.27. The van der Waals surface area contributed by atoms with Crippen LogP contribution in [0.25, 0.3) is 11.1 Å². The molecule has 22 heavy (non-hydrogen) atoms. The molecule has 1 aliphatic rings. The Bertz CT molecular complexity index is 694. The molecular weight excluding hydrogens is 303 g/mol. The van der Waals surface area contributed by atoms with Crippen molar-refractivity contribution < 1.29 is 9.13 Å². The van der Waals surface area contributed by atoms with Crippen molar-refractivity contribution >= 4 is 11.6 Å². The fraction of sp³-hybridized carbons (Fsp3) is 0.294. The van der Waals surface area contributed by atoms with Gasteiger partial charge in [0.25, 0.3) is 0 Å². The van der Waals surface area contributed by atoms with Gasteiger partial charge in [-0.1, -0.05) is 35.9 Å². The molecule has 1 heterocycles. The number of nitrogens with two attached hydrogens (primary N) is 1. The van der Waals surface area contributed by atoms with Gasteiger partial charge < -0.3 is 15.8 Å². The molecule has 0 amide bonds. The first-order valence-corrected chi connectivity index (χ1v) is 7.56. The molecule has 0 bridgehead atoms. The van der Waals surface area contributed by atoms with Crippen molar-refractivity contribution in [3.05, 3.63) is 58.9 Å². The molecule has 3 rings (SSSR count). The largest absolute Gasteiger partial charge is 0.350 e. The molecule has 1 fully saturated rings. The molecule has 3 nitrogen and oxygen atoms in total. The maximum atomic E-state index is 13.3. The van der Waals surface area contributed by atoms with Gasteiger partial charge in [0.15, 0.2) is 0 Å². The van der Waals surface area contributed by atoms with Crippen LogP contribution in [0.5, 0.6) is 0 Å². The predicted molar refractivity (Wildman–Crippen MR) is 86.1 cm³/mol. The zero-order chi connectivity index (χ0) is 15.7. The van der Waals surface area contributed by atoms with Gasteiger partial charge in [-0.3, -0.25) is 0 Å². The summed E-state index contributed by atoms with van der Waals surface area (Å²) in [5.41, 5.74) is 8.25. The van der Waals surface area contributed by atoms with Crippen LogP contribution in [0.4, 0.5) is 4.39 Å². The van der Waals surface area contributed by atoms with Crippen molar-refractivity contribution in [1.82, 2.24) is 5.32 Å². The lowest BCUT2D eigenvalue weighted by molar-refractivity contribution is -0.107. The van der Waals surface area contributed by atoms with E-state index in [9.17, 15) is 4.39 Å². The van der Waals surface area contributed by atoms with Gasteiger partial charge in [0.05, 0.1) is 5.02 Å². The van der Waals surface area contributed by atoms with E-state index in [1.165, 1.54) is 6.07 Å². The van der Waals surface area contributed by atoms with E-state index in [4.69, 9.17) is 22.1 Å². The fourth-order valence-corrected chi connectivity index (χ4v) is 2.92. The molecule has 3 N–H and O–H groups in total. The summed E-state index contributed by atoms with van der Waals surface area (Å²) < 4.78 is 19.2. The molecule has 0 saturated carbocycles. The maximum absolute atomic E-state index is 13.3. The first-order valence-electron chi connectivity index (χ1n) is 7.18. The molecule has 2 unspecified atom stereocenters. The van der Waals surface area contributed by atoms with Crippen molar-refractivity contribution in [2.75, 3.05) is 13.1 Å². The number of ether oxygens (including phenoxy) is 1. The average molecular weight is 321 g/mol. The second-order valence-corrected chi connectivity index (χ2v) is 6.13. The van der Waals surface area contributed by atoms with Crippen molar-refractivity contribution in [2.45, 2.75) is 18.8 Å². The molecule has 5 heteroatoms. The second kappa shape index (κ2) is 5.97. The second-order valence-electron chi connectivity index (χ2n) is 5.73. The zero-order valence-electron chi connectivity index (χ0n) is 12.3. The molecule has 2 atom stereocenters. The molecule has 116 valence electrons. The van der Waals surface area contributed by atoms with Gasteiger partial charge in [0, 0.05) is 13.1 Å².